The van der Waals surface area contributed by atoms with Crippen LogP contribution in [-0.4, -0.2) is 17.6 Å². The molecule has 0 saturated heterocycles. The molecule has 0 bridgehead atoms. The fourth-order valence-corrected chi connectivity index (χ4v) is 3.38. The number of hydrogen-bond donors (Lipinski definition) is 1. The lowest BCUT2D eigenvalue weighted by Crippen LogP contribution is -2.28. The largest absolute Gasteiger partial charge is 0.474 e. The summed E-state index contributed by atoms with van der Waals surface area (Å²) in [5, 5.41) is 3.51. The molecule has 3 heteroatoms. The summed E-state index contributed by atoms with van der Waals surface area (Å²) in [5.74, 6) is 2.29. The van der Waals surface area contributed by atoms with Crippen molar-refractivity contribution in [1.82, 2.24) is 10.3 Å². The molecule has 1 saturated carbocycles. The van der Waals surface area contributed by atoms with Crippen molar-refractivity contribution in [3.8, 4) is 5.88 Å². The van der Waals surface area contributed by atoms with Crippen molar-refractivity contribution < 1.29 is 4.74 Å². The molecule has 1 aliphatic rings. The van der Waals surface area contributed by atoms with E-state index >= 15 is 0 Å². The van der Waals surface area contributed by atoms with Gasteiger partial charge in [0.2, 0.25) is 5.88 Å². The molecule has 1 fully saturated rings. The number of hydrogen-bond acceptors (Lipinski definition) is 3. The van der Waals surface area contributed by atoms with Crippen LogP contribution in [-0.2, 0) is 0 Å². The summed E-state index contributed by atoms with van der Waals surface area (Å²) < 4.78 is 6.15. The Morgan fingerprint density at radius 3 is 2.67 bits per heavy atom. The summed E-state index contributed by atoms with van der Waals surface area (Å²) in [5.41, 5.74) is 1.25. The second-order valence-corrected chi connectivity index (χ2v) is 6.76. The Bertz CT molecular complexity index is 425. The van der Waals surface area contributed by atoms with Crippen molar-refractivity contribution in [3.05, 3.63) is 23.9 Å². The topological polar surface area (TPSA) is 34.2 Å². The second-order valence-electron chi connectivity index (χ2n) is 6.76. The molecular formula is C18H30N2O. The number of ether oxygens (including phenoxy) is 1. The van der Waals surface area contributed by atoms with Crippen molar-refractivity contribution in [2.24, 2.45) is 11.8 Å². The van der Waals surface area contributed by atoms with Crippen LogP contribution in [0.4, 0.5) is 0 Å². The van der Waals surface area contributed by atoms with Gasteiger partial charge < -0.3 is 10.1 Å². The van der Waals surface area contributed by atoms with Gasteiger partial charge in [-0.3, -0.25) is 0 Å². The molecule has 0 amide bonds. The molecule has 118 valence electrons. The normalized spacial score (nSPS) is 27.3. The molecule has 0 radical (unpaired) electrons. The quantitative estimate of drug-likeness (QED) is 0.846. The molecule has 0 aromatic carbocycles. The van der Waals surface area contributed by atoms with Gasteiger partial charge in [-0.05, 0) is 62.6 Å². The first-order valence-electron chi connectivity index (χ1n) is 8.44. The second kappa shape index (κ2) is 7.79. The smallest absolute Gasteiger partial charge is 0.213 e. The van der Waals surface area contributed by atoms with Crippen LogP contribution in [0.3, 0.4) is 0 Å². The van der Waals surface area contributed by atoms with E-state index in [4.69, 9.17) is 4.74 Å². The van der Waals surface area contributed by atoms with Gasteiger partial charge in [0.25, 0.3) is 0 Å². The summed E-state index contributed by atoms with van der Waals surface area (Å²) in [7, 11) is 0. The van der Waals surface area contributed by atoms with Crippen LogP contribution in [0.1, 0.15) is 65.0 Å². The average molecular weight is 290 g/mol. The monoisotopic (exact) mass is 290 g/mol. The van der Waals surface area contributed by atoms with Crippen molar-refractivity contribution in [2.75, 3.05) is 6.54 Å². The summed E-state index contributed by atoms with van der Waals surface area (Å²) in [6.07, 6.45) is 6.97. The Morgan fingerprint density at radius 2 is 2.00 bits per heavy atom. The lowest BCUT2D eigenvalue weighted by atomic mass is 9.82. The molecule has 1 aromatic heterocycles. The minimum atomic E-state index is 0.324. The van der Waals surface area contributed by atoms with Gasteiger partial charge in [0.1, 0.15) is 6.10 Å². The van der Waals surface area contributed by atoms with Crippen LogP contribution in [0.25, 0.3) is 0 Å². The number of nitrogens with one attached hydrogen (secondary N) is 1. The van der Waals surface area contributed by atoms with Gasteiger partial charge in [-0.1, -0.05) is 20.8 Å². The zero-order chi connectivity index (χ0) is 15.2. The Labute approximate surface area is 129 Å². The molecule has 1 aliphatic carbocycles. The molecule has 0 aliphatic heterocycles. The number of rotatable bonds is 6. The maximum Gasteiger partial charge on any atom is 0.213 e. The number of nitrogens with zero attached hydrogens (tertiary/aromatic N) is 1. The van der Waals surface area contributed by atoms with Crippen LogP contribution in [0.15, 0.2) is 18.3 Å². The summed E-state index contributed by atoms with van der Waals surface area (Å²) in [6, 6.07) is 4.52. The SMILES string of the molecule is CCCNC(C)c1ccnc(OC2CC(C)CC(C)C2)c1. The molecule has 2 rings (SSSR count). The van der Waals surface area contributed by atoms with Crippen molar-refractivity contribution in [1.29, 1.82) is 0 Å². The van der Waals surface area contributed by atoms with Crippen LogP contribution in [0.2, 0.25) is 0 Å². The van der Waals surface area contributed by atoms with E-state index in [-0.39, 0.29) is 0 Å². The van der Waals surface area contributed by atoms with E-state index in [1.165, 1.54) is 12.0 Å². The maximum atomic E-state index is 6.15. The van der Waals surface area contributed by atoms with Crippen LogP contribution >= 0.6 is 0 Å². The Hall–Kier alpha value is -1.09. The molecule has 3 unspecified atom stereocenters. The van der Waals surface area contributed by atoms with E-state index in [1.54, 1.807) is 0 Å². The highest BCUT2D eigenvalue weighted by Crippen LogP contribution is 2.31. The number of aromatic nitrogens is 1. The van der Waals surface area contributed by atoms with Gasteiger partial charge in [0.05, 0.1) is 0 Å². The van der Waals surface area contributed by atoms with Crippen molar-refractivity contribution in [3.63, 3.8) is 0 Å². The Balaban J connectivity index is 1.97. The van der Waals surface area contributed by atoms with Gasteiger partial charge in [-0.25, -0.2) is 4.98 Å². The first-order valence-corrected chi connectivity index (χ1v) is 8.44. The Kier molecular flexibility index (Phi) is 6.04. The number of pyridine rings is 1. The fourth-order valence-electron chi connectivity index (χ4n) is 3.38. The minimum Gasteiger partial charge on any atom is -0.474 e. The van der Waals surface area contributed by atoms with E-state index in [0.29, 0.717) is 12.1 Å². The van der Waals surface area contributed by atoms with Crippen molar-refractivity contribution in [2.45, 2.75) is 65.5 Å². The van der Waals surface area contributed by atoms with E-state index in [9.17, 15) is 0 Å². The van der Waals surface area contributed by atoms with Gasteiger partial charge >= 0.3 is 0 Å². The lowest BCUT2D eigenvalue weighted by Gasteiger charge is -2.31. The zero-order valence-electron chi connectivity index (χ0n) is 13.9. The highest BCUT2D eigenvalue weighted by molar-refractivity contribution is 5.23. The maximum absolute atomic E-state index is 6.15. The van der Waals surface area contributed by atoms with Crippen LogP contribution in [0.5, 0.6) is 5.88 Å². The van der Waals surface area contributed by atoms with E-state index in [2.05, 4.69) is 50.1 Å². The van der Waals surface area contributed by atoms with E-state index < -0.39 is 0 Å². The highest BCUT2D eigenvalue weighted by atomic mass is 16.5. The van der Waals surface area contributed by atoms with Gasteiger partial charge in [-0.2, -0.15) is 0 Å². The molecular weight excluding hydrogens is 260 g/mol. The molecule has 0 spiro atoms. The molecule has 1 N–H and O–H groups in total. The molecule has 3 nitrogen and oxygen atoms in total. The predicted octanol–water partition coefficient (Wildman–Crippen LogP) is 4.35. The predicted molar refractivity (Wildman–Crippen MR) is 87.5 cm³/mol. The fraction of sp³-hybridized carbons (Fsp3) is 0.722. The first kappa shape index (κ1) is 16.3. The summed E-state index contributed by atoms with van der Waals surface area (Å²) in [6.45, 7) is 10.1. The first-order chi connectivity index (χ1) is 10.1. The van der Waals surface area contributed by atoms with Gasteiger partial charge in [0.15, 0.2) is 0 Å². The standard InChI is InChI=1S/C18H30N2O/c1-5-7-19-15(4)16-6-8-20-18(12-16)21-17-10-13(2)9-14(3)11-17/h6,8,12-15,17,19H,5,7,9-11H2,1-4H3. The lowest BCUT2D eigenvalue weighted by molar-refractivity contribution is 0.0966. The van der Waals surface area contributed by atoms with Gasteiger partial charge in [0, 0.05) is 18.3 Å². The van der Waals surface area contributed by atoms with Crippen LogP contribution < -0.4 is 10.1 Å². The third kappa shape index (κ3) is 4.99. The average Bonchev–Trinajstić information content (AvgIpc) is 2.44. The summed E-state index contributed by atoms with van der Waals surface area (Å²) >= 11 is 0. The zero-order valence-corrected chi connectivity index (χ0v) is 13.9. The third-order valence-electron chi connectivity index (χ3n) is 4.38. The third-order valence-corrected chi connectivity index (χ3v) is 4.38. The van der Waals surface area contributed by atoms with Crippen LogP contribution in [0, 0.1) is 11.8 Å². The molecule has 21 heavy (non-hydrogen) atoms. The highest BCUT2D eigenvalue weighted by Gasteiger charge is 2.25. The van der Waals surface area contributed by atoms with Gasteiger partial charge in [-0.15, -0.1) is 0 Å². The van der Waals surface area contributed by atoms with E-state index in [1.807, 2.05) is 6.20 Å². The summed E-state index contributed by atoms with van der Waals surface area (Å²) in [4.78, 5) is 4.40. The van der Waals surface area contributed by atoms with Crippen molar-refractivity contribution >= 4 is 0 Å². The Morgan fingerprint density at radius 1 is 1.29 bits per heavy atom. The molecule has 3 atom stereocenters. The minimum absolute atomic E-state index is 0.324. The molecule has 1 heterocycles. The van der Waals surface area contributed by atoms with E-state index in [0.717, 1.165) is 43.5 Å². The molecule has 1 aromatic rings.